The Bertz CT molecular complexity index is 363. The molecule has 0 saturated carbocycles. The van der Waals surface area contributed by atoms with E-state index >= 15 is 0 Å². The monoisotopic (exact) mass is 458 g/mol. The Labute approximate surface area is 200 Å². The van der Waals surface area contributed by atoms with Gasteiger partial charge in [-0.05, 0) is 44.7 Å². The summed E-state index contributed by atoms with van der Waals surface area (Å²) < 4.78 is 0. The smallest absolute Gasteiger partial charge is 0.0448 e. The third kappa shape index (κ3) is 16.4. The molecule has 0 saturated heterocycles. The van der Waals surface area contributed by atoms with Crippen molar-refractivity contribution in [2.75, 3.05) is 32.9 Å². The molecule has 0 aromatic carbocycles. The van der Waals surface area contributed by atoms with Gasteiger partial charge in [-0.1, -0.05) is 103 Å². The summed E-state index contributed by atoms with van der Waals surface area (Å²) in [5, 5.41) is 32.1. The molecular formula is C27H58N2O3. The zero-order valence-corrected chi connectivity index (χ0v) is 21.5. The molecule has 5 heteroatoms. The average Bonchev–Trinajstić information content (AvgIpc) is 2.79. The van der Waals surface area contributed by atoms with Crippen molar-refractivity contribution in [2.45, 2.75) is 134 Å². The van der Waals surface area contributed by atoms with Crippen LogP contribution in [0.1, 0.15) is 129 Å². The summed E-state index contributed by atoms with van der Waals surface area (Å²) in [6.07, 6.45) is 23.5. The van der Waals surface area contributed by atoms with Crippen molar-refractivity contribution in [1.29, 1.82) is 0 Å². The van der Waals surface area contributed by atoms with E-state index in [4.69, 9.17) is 5.73 Å². The number of unbranched alkanes of at least 4 members (excludes halogenated alkanes) is 15. The molecule has 0 rings (SSSR count). The maximum Gasteiger partial charge on any atom is 0.0448 e. The third-order valence-electron chi connectivity index (χ3n) is 7.17. The highest BCUT2D eigenvalue weighted by Gasteiger charge is 2.36. The Hall–Kier alpha value is -0.200. The number of rotatable bonds is 26. The molecular weight excluding hydrogens is 400 g/mol. The molecule has 0 aliphatic carbocycles. The van der Waals surface area contributed by atoms with Crippen molar-refractivity contribution < 1.29 is 15.3 Å². The van der Waals surface area contributed by atoms with Crippen LogP contribution >= 0.6 is 0 Å². The molecule has 1 unspecified atom stereocenters. The minimum atomic E-state index is -0.378. The number of aliphatic hydroxyl groups excluding tert-OH is 3. The molecule has 0 fully saturated rings. The van der Waals surface area contributed by atoms with Gasteiger partial charge in [0.1, 0.15) is 0 Å². The lowest BCUT2D eigenvalue weighted by Gasteiger charge is -2.41. The molecule has 32 heavy (non-hydrogen) atoms. The normalized spacial score (nSPS) is 13.0. The summed E-state index contributed by atoms with van der Waals surface area (Å²) in [5.41, 5.74) is 5.58. The minimum Gasteiger partial charge on any atom is -0.396 e. The van der Waals surface area contributed by atoms with Crippen molar-refractivity contribution >= 4 is 0 Å². The van der Waals surface area contributed by atoms with Gasteiger partial charge >= 0.3 is 0 Å². The summed E-state index contributed by atoms with van der Waals surface area (Å²) in [6, 6.07) is 0. The van der Waals surface area contributed by atoms with Gasteiger partial charge < -0.3 is 26.4 Å². The predicted octanol–water partition coefficient (Wildman–Crippen LogP) is 5.30. The van der Waals surface area contributed by atoms with Crippen LogP contribution in [0.5, 0.6) is 0 Å². The number of hydrogen-bond donors (Lipinski definition) is 5. The summed E-state index contributed by atoms with van der Waals surface area (Å²) in [4.78, 5) is 0. The Balaban J connectivity index is 3.74. The number of nitrogens with one attached hydrogen (secondary N) is 1. The maximum atomic E-state index is 9.56. The fraction of sp³-hybridized carbons (Fsp3) is 1.00. The van der Waals surface area contributed by atoms with Crippen molar-refractivity contribution in [2.24, 2.45) is 11.7 Å². The van der Waals surface area contributed by atoms with Crippen LogP contribution in [0.2, 0.25) is 0 Å². The molecule has 5 nitrogen and oxygen atoms in total. The Morgan fingerprint density at radius 2 is 1.03 bits per heavy atom. The topological polar surface area (TPSA) is 98.7 Å². The summed E-state index contributed by atoms with van der Waals surface area (Å²) in [5.74, 6) is 0.0628. The molecule has 0 aliphatic rings. The lowest BCUT2D eigenvalue weighted by Crippen LogP contribution is -2.55. The molecule has 0 aromatic heterocycles. The predicted molar refractivity (Wildman–Crippen MR) is 138 cm³/mol. The zero-order chi connectivity index (χ0) is 23.8. The van der Waals surface area contributed by atoms with Gasteiger partial charge in [0.25, 0.3) is 0 Å². The molecule has 1 atom stereocenters. The van der Waals surface area contributed by atoms with Gasteiger partial charge in [0.05, 0.1) is 0 Å². The lowest BCUT2D eigenvalue weighted by atomic mass is 9.76. The highest BCUT2D eigenvalue weighted by molar-refractivity contribution is 4.94. The minimum absolute atomic E-state index is 0.0628. The van der Waals surface area contributed by atoms with Crippen molar-refractivity contribution in [1.82, 2.24) is 5.32 Å². The second-order valence-corrected chi connectivity index (χ2v) is 9.78. The molecule has 0 radical (unpaired) electrons. The van der Waals surface area contributed by atoms with E-state index in [0.29, 0.717) is 25.8 Å². The first-order chi connectivity index (χ1) is 15.7. The molecule has 0 bridgehead atoms. The standard InChI is InChI=1S/C27H58N2O3/c1-2-3-4-5-6-7-8-9-10-11-12-13-14-15-16-17-21-29-27(19-23-31,20-24-32)26(25-28)18-22-30/h26,29-32H,2-25,28H2,1H3. The van der Waals surface area contributed by atoms with E-state index in [1.165, 1.54) is 96.3 Å². The van der Waals surface area contributed by atoms with Crippen LogP contribution < -0.4 is 11.1 Å². The first-order valence-corrected chi connectivity index (χ1v) is 14.0. The highest BCUT2D eigenvalue weighted by atomic mass is 16.3. The fourth-order valence-electron chi connectivity index (χ4n) is 5.04. The van der Waals surface area contributed by atoms with Crippen LogP contribution in [0.4, 0.5) is 0 Å². The molecule has 0 amide bonds. The van der Waals surface area contributed by atoms with Gasteiger partial charge in [-0.25, -0.2) is 0 Å². The average molecular weight is 459 g/mol. The molecule has 0 aromatic rings. The van der Waals surface area contributed by atoms with Gasteiger partial charge in [0, 0.05) is 25.4 Å². The van der Waals surface area contributed by atoms with E-state index in [9.17, 15) is 15.3 Å². The number of nitrogens with two attached hydrogens (primary N) is 1. The molecule has 0 heterocycles. The fourth-order valence-corrected chi connectivity index (χ4v) is 5.04. The van der Waals surface area contributed by atoms with E-state index in [0.717, 1.165) is 13.0 Å². The number of aliphatic hydroxyl groups is 3. The van der Waals surface area contributed by atoms with E-state index in [1.807, 2.05) is 0 Å². The van der Waals surface area contributed by atoms with E-state index in [2.05, 4.69) is 12.2 Å². The molecule has 194 valence electrons. The van der Waals surface area contributed by atoms with Gasteiger partial charge in [-0.15, -0.1) is 0 Å². The van der Waals surface area contributed by atoms with Gasteiger partial charge in [0.15, 0.2) is 0 Å². The van der Waals surface area contributed by atoms with Crippen LogP contribution in [0.3, 0.4) is 0 Å². The molecule has 0 aliphatic heterocycles. The lowest BCUT2D eigenvalue weighted by molar-refractivity contribution is 0.0961. The summed E-state index contributed by atoms with van der Waals surface area (Å²) in [6.45, 7) is 3.82. The highest BCUT2D eigenvalue weighted by Crippen LogP contribution is 2.28. The third-order valence-corrected chi connectivity index (χ3v) is 7.17. The summed E-state index contributed by atoms with van der Waals surface area (Å²) in [7, 11) is 0. The molecule has 6 N–H and O–H groups in total. The van der Waals surface area contributed by atoms with Crippen LogP contribution in [0.25, 0.3) is 0 Å². The Morgan fingerprint density at radius 3 is 1.38 bits per heavy atom. The Morgan fingerprint density at radius 1 is 0.625 bits per heavy atom. The van der Waals surface area contributed by atoms with Crippen LogP contribution in [-0.4, -0.2) is 53.8 Å². The second kappa shape index (κ2) is 23.9. The van der Waals surface area contributed by atoms with E-state index in [-0.39, 0.29) is 31.3 Å². The van der Waals surface area contributed by atoms with Crippen molar-refractivity contribution in [3.05, 3.63) is 0 Å². The second-order valence-electron chi connectivity index (χ2n) is 9.78. The van der Waals surface area contributed by atoms with Gasteiger partial charge in [0.2, 0.25) is 0 Å². The zero-order valence-electron chi connectivity index (χ0n) is 21.5. The number of hydrogen-bond acceptors (Lipinski definition) is 5. The quantitative estimate of drug-likeness (QED) is 0.113. The summed E-state index contributed by atoms with van der Waals surface area (Å²) >= 11 is 0. The van der Waals surface area contributed by atoms with Crippen LogP contribution in [0, 0.1) is 5.92 Å². The van der Waals surface area contributed by atoms with Crippen LogP contribution in [-0.2, 0) is 0 Å². The van der Waals surface area contributed by atoms with Crippen molar-refractivity contribution in [3.8, 4) is 0 Å². The van der Waals surface area contributed by atoms with E-state index in [1.54, 1.807) is 0 Å². The van der Waals surface area contributed by atoms with Crippen LogP contribution in [0.15, 0.2) is 0 Å². The Kier molecular flexibility index (Phi) is 23.8. The maximum absolute atomic E-state index is 9.56. The molecule has 0 spiro atoms. The largest absolute Gasteiger partial charge is 0.396 e. The van der Waals surface area contributed by atoms with Gasteiger partial charge in [-0.2, -0.15) is 0 Å². The first kappa shape index (κ1) is 31.8. The van der Waals surface area contributed by atoms with Gasteiger partial charge in [-0.3, -0.25) is 0 Å². The van der Waals surface area contributed by atoms with E-state index < -0.39 is 0 Å². The SMILES string of the molecule is CCCCCCCCCCCCCCCCCCNC(CCO)(CCO)C(CN)CCO. The first-order valence-electron chi connectivity index (χ1n) is 14.0. The van der Waals surface area contributed by atoms with Crippen molar-refractivity contribution in [3.63, 3.8) is 0 Å².